The van der Waals surface area contributed by atoms with Crippen molar-refractivity contribution in [3.8, 4) is 22.6 Å². The van der Waals surface area contributed by atoms with Gasteiger partial charge in [-0.1, -0.05) is 48.0 Å². The number of benzene rings is 4. The van der Waals surface area contributed by atoms with Crippen molar-refractivity contribution in [2.75, 3.05) is 62.6 Å². The largest absolute Gasteiger partial charge is 0.501 e. The van der Waals surface area contributed by atoms with Crippen LogP contribution in [0.4, 0.5) is 29.3 Å². The zero-order valence-electron chi connectivity index (χ0n) is 40.2. The lowest BCUT2D eigenvalue weighted by Crippen LogP contribution is -2.50. The first-order chi connectivity index (χ1) is 34.6. The van der Waals surface area contributed by atoms with Crippen LogP contribution in [0, 0.1) is 5.92 Å². The molecule has 0 spiro atoms. The Bertz CT molecular complexity index is 3190. The molecule has 2 amide bonds. The number of aliphatic hydroxyl groups excluding tert-OH is 1. The van der Waals surface area contributed by atoms with Crippen LogP contribution in [0.5, 0.6) is 11.5 Å². The number of hydrogen-bond acceptors (Lipinski definition) is 13. The van der Waals surface area contributed by atoms with Gasteiger partial charge in [-0.15, -0.1) is 0 Å². The fraction of sp³-hybridized carbons (Fsp3) is 0.353. The number of pyridine rings is 1. The van der Waals surface area contributed by atoms with Gasteiger partial charge >= 0.3 is 11.6 Å². The van der Waals surface area contributed by atoms with Crippen molar-refractivity contribution < 1.29 is 54.2 Å². The summed E-state index contributed by atoms with van der Waals surface area (Å²) in [6.07, 6.45) is 3.43. The third-order valence-corrected chi connectivity index (χ3v) is 15.8. The second-order valence-electron chi connectivity index (χ2n) is 18.9. The molecule has 22 heteroatoms. The van der Waals surface area contributed by atoms with Gasteiger partial charge in [0.25, 0.3) is 25.8 Å². The number of amides is 2. The minimum Gasteiger partial charge on any atom is -0.455 e. The Labute approximate surface area is 426 Å². The minimum absolute atomic E-state index is 0.0143. The highest BCUT2D eigenvalue weighted by molar-refractivity contribution is 7.92. The van der Waals surface area contributed by atoms with E-state index < -0.39 is 64.6 Å². The van der Waals surface area contributed by atoms with Crippen molar-refractivity contribution in [2.24, 2.45) is 5.92 Å². The summed E-state index contributed by atoms with van der Waals surface area (Å²) in [5.41, 5.74) is -3.42. The fourth-order valence-corrected chi connectivity index (χ4v) is 11.0. The first-order valence-electron chi connectivity index (χ1n) is 23.6. The van der Waals surface area contributed by atoms with Crippen molar-refractivity contribution >= 4 is 65.9 Å². The summed E-state index contributed by atoms with van der Waals surface area (Å²) in [6, 6.07) is 25.2. The second-order valence-corrected chi connectivity index (χ2v) is 22.9. The number of rotatable bonds is 15. The Hall–Kier alpha value is -6.39. The molecule has 2 fully saturated rings. The molecule has 4 aromatic carbocycles. The number of halogens is 4. The molecule has 4 N–H and O–H groups in total. The monoisotopic (exact) mass is 1070 g/mol. The third-order valence-electron chi connectivity index (χ3n) is 12.7. The van der Waals surface area contributed by atoms with Gasteiger partial charge < -0.3 is 34.7 Å². The maximum absolute atomic E-state index is 14.1. The number of fused-ring (bicyclic) bond motifs is 1. The zero-order chi connectivity index (χ0) is 52.3. The summed E-state index contributed by atoms with van der Waals surface area (Å²) in [4.78, 5) is 37.2. The van der Waals surface area contributed by atoms with Crippen LogP contribution in [0.1, 0.15) is 62.1 Å². The Morgan fingerprint density at radius 2 is 1.60 bits per heavy atom. The molecule has 73 heavy (non-hydrogen) atoms. The number of H-pyrrole nitrogens is 1. The van der Waals surface area contributed by atoms with E-state index in [0.29, 0.717) is 92.9 Å². The van der Waals surface area contributed by atoms with E-state index >= 15 is 0 Å². The zero-order valence-corrected chi connectivity index (χ0v) is 42.5. The number of aromatic nitrogens is 2. The number of aliphatic hydroxyl groups is 1. The van der Waals surface area contributed by atoms with Crippen LogP contribution >= 0.6 is 11.6 Å². The molecular weight excluding hydrogens is 1010 g/mol. The summed E-state index contributed by atoms with van der Waals surface area (Å²) < 4.78 is 110. The van der Waals surface area contributed by atoms with Crippen LogP contribution in [0.25, 0.3) is 22.2 Å². The lowest BCUT2D eigenvalue weighted by molar-refractivity contribution is -0.0436. The first-order valence-corrected chi connectivity index (χ1v) is 26.9. The molecule has 8 rings (SSSR count). The molecule has 0 bridgehead atoms. The van der Waals surface area contributed by atoms with Gasteiger partial charge in [-0.2, -0.15) is 13.2 Å². The molecule has 2 aliphatic rings. The number of ether oxygens (including phenoxy) is 2. The fourth-order valence-electron chi connectivity index (χ4n) is 8.86. The summed E-state index contributed by atoms with van der Waals surface area (Å²) in [6.45, 7) is 8.63. The standard InChI is InChI=1S/C51H55ClF3N7O9S2/c1-50(2,3)71-49(65)62-27-25-60(26-28-62)22-6-20-56-43-16-14-39(31-45(43)72(66,67)51(53,54)55)73(68,69)59-48(64)42-15-13-37(30-44(42)70-38-29-35-17-21-57-47(35)58-32-38)61-23-18-34(19-24-61)46(63)41-8-5-4-7-40(41)33-9-11-36(52)12-10-33/h4-5,7-17,21,29-32,34,46,56,63H,6,18-20,22-28H2,1-3H3,(H,57,58)(H,59,64). The van der Waals surface area contributed by atoms with E-state index in [1.807, 2.05) is 50.9 Å². The SMILES string of the molecule is CC(C)(C)OC(=O)N1CCN(CCCNc2ccc(S(=O)(=O)NC(=O)c3ccc(N4CCC(C(O)c5ccccc5-c5ccc(Cl)cc5)CC4)cc3Oc3cnc4[nH]ccc4c3)cc2S(=O)(=O)C(F)(F)F)CC1. The highest BCUT2D eigenvalue weighted by Gasteiger charge is 2.48. The summed E-state index contributed by atoms with van der Waals surface area (Å²) in [5.74, 6) is -1.19. The number of nitrogens with one attached hydrogen (secondary N) is 3. The first kappa shape index (κ1) is 52.9. The number of piperidine rings is 1. The Kier molecular flexibility index (Phi) is 15.7. The van der Waals surface area contributed by atoms with Crippen LogP contribution in [-0.2, 0) is 24.6 Å². The van der Waals surface area contributed by atoms with Crippen LogP contribution < -0.4 is 19.7 Å². The van der Waals surface area contributed by atoms with Crippen molar-refractivity contribution in [1.29, 1.82) is 0 Å². The predicted molar refractivity (Wildman–Crippen MR) is 271 cm³/mol. The van der Waals surface area contributed by atoms with E-state index in [-0.39, 0.29) is 29.5 Å². The average molecular weight is 1070 g/mol. The van der Waals surface area contributed by atoms with Crippen LogP contribution in [-0.4, -0.2) is 117 Å². The number of sulfone groups is 1. The molecule has 6 aromatic rings. The summed E-state index contributed by atoms with van der Waals surface area (Å²) in [7, 11) is -11.1. The van der Waals surface area contributed by atoms with Crippen molar-refractivity contribution in [1.82, 2.24) is 24.5 Å². The smallest absolute Gasteiger partial charge is 0.455 e. The molecular formula is C51H55ClF3N7O9S2. The second kappa shape index (κ2) is 21.6. The number of alkyl halides is 3. The molecule has 2 aromatic heterocycles. The molecule has 0 saturated carbocycles. The van der Waals surface area contributed by atoms with Gasteiger partial charge in [0, 0.05) is 74.2 Å². The molecule has 16 nitrogen and oxygen atoms in total. The van der Waals surface area contributed by atoms with Crippen LogP contribution in [0.2, 0.25) is 5.02 Å². The van der Waals surface area contributed by atoms with Crippen LogP contribution in [0.15, 0.2) is 119 Å². The number of aromatic amines is 1. The van der Waals surface area contributed by atoms with Gasteiger partial charge in [0.2, 0.25) is 0 Å². The highest BCUT2D eigenvalue weighted by Crippen LogP contribution is 2.40. The number of sulfonamides is 1. The van der Waals surface area contributed by atoms with Gasteiger partial charge in [0.1, 0.15) is 27.6 Å². The highest BCUT2D eigenvalue weighted by atomic mass is 35.5. The van der Waals surface area contributed by atoms with Gasteiger partial charge in [-0.3, -0.25) is 9.69 Å². The van der Waals surface area contributed by atoms with E-state index in [1.54, 1.807) is 68.3 Å². The minimum atomic E-state index is -6.11. The van der Waals surface area contributed by atoms with Gasteiger partial charge in [-0.05, 0) is 124 Å². The number of carbonyl (C=O) groups excluding carboxylic acids is 2. The van der Waals surface area contributed by atoms with E-state index in [9.17, 15) is 44.7 Å². The Morgan fingerprint density at radius 3 is 2.30 bits per heavy atom. The van der Waals surface area contributed by atoms with E-state index in [2.05, 4.69) is 15.3 Å². The Balaban J connectivity index is 0.978. The molecule has 1 unspecified atom stereocenters. The molecule has 0 radical (unpaired) electrons. The molecule has 0 aliphatic carbocycles. The predicted octanol–water partition coefficient (Wildman–Crippen LogP) is 9.39. The number of nitrogens with zero attached hydrogens (tertiary/aromatic N) is 4. The quantitative estimate of drug-likeness (QED) is 0.0709. The van der Waals surface area contributed by atoms with E-state index in [1.165, 1.54) is 12.3 Å². The van der Waals surface area contributed by atoms with Crippen molar-refractivity contribution in [3.63, 3.8) is 0 Å². The molecule has 4 heterocycles. The lowest BCUT2D eigenvalue weighted by Gasteiger charge is -2.36. The lowest BCUT2D eigenvalue weighted by atomic mass is 9.84. The summed E-state index contributed by atoms with van der Waals surface area (Å²) in [5, 5.41) is 15.7. The topological polar surface area (TPSA) is 204 Å². The number of piperazine rings is 1. The molecule has 2 saturated heterocycles. The van der Waals surface area contributed by atoms with Gasteiger partial charge in [-0.25, -0.2) is 31.3 Å². The molecule has 1 atom stereocenters. The molecule has 388 valence electrons. The normalized spacial score (nSPS) is 15.8. The number of hydrogen-bond donors (Lipinski definition) is 4. The van der Waals surface area contributed by atoms with Gasteiger partial charge in [0.15, 0.2) is 0 Å². The summed E-state index contributed by atoms with van der Waals surface area (Å²) >= 11 is 6.14. The van der Waals surface area contributed by atoms with Gasteiger partial charge in [0.05, 0.1) is 28.4 Å². The van der Waals surface area contributed by atoms with E-state index in [4.69, 9.17) is 21.1 Å². The van der Waals surface area contributed by atoms with E-state index in [0.717, 1.165) is 28.8 Å². The van der Waals surface area contributed by atoms with Crippen molar-refractivity contribution in [2.45, 2.75) is 67.0 Å². The number of carbonyl (C=O) groups is 2. The maximum Gasteiger partial charge on any atom is 0.501 e. The van der Waals surface area contributed by atoms with Crippen LogP contribution in [0.3, 0.4) is 0 Å². The maximum atomic E-state index is 14.1. The third kappa shape index (κ3) is 12.5. The molecule has 2 aliphatic heterocycles. The number of anilines is 2. The average Bonchev–Trinajstić information content (AvgIpc) is 3.83. The Morgan fingerprint density at radius 1 is 0.890 bits per heavy atom. The van der Waals surface area contributed by atoms with Crippen molar-refractivity contribution in [3.05, 3.63) is 126 Å².